The van der Waals surface area contributed by atoms with Gasteiger partial charge in [0.1, 0.15) is 0 Å². The Morgan fingerprint density at radius 1 is 1.57 bits per heavy atom. The van der Waals surface area contributed by atoms with Crippen LogP contribution in [0.25, 0.3) is 0 Å². The molecule has 0 spiro atoms. The van der Waals surface area contributed by atoms with E-state index in [-0.39, 0.29) is 12.7 Å². The van der Waals surface area contributed by atoms with Gasteiger partial charge in [0.25, 0.3) is 0 Å². The van der Waals surface area contributed by atoms with Gasteiger partial charge in [-0.3, -0.25) is 0 Å². The molecule has 3 unspecified atom stereocenters. The SMILES string of the molecule is CC1(C2CCNC2)OCC(CCO)O1. The van der Waals surface area contributed by atoms with Gasteiger partial charge in [-0.2, -0.15) is 0 Å². The summed E-state index contributed by atoms with van der Waals surface area (Å²) in [5, 5.41) is 12.1. The van der Waals surface area contributed by atoms with Crippen LogP contribution in [0.15, 0.2) is 0 Å². The third-order valence-electron chi connectivity index (χ3n) is 3.21. The van der Waals surface area contributed by atoms with Gasteiger partial charge in [-0.1, -0.05) is 0 Å². The summed E-state index contributed by atoms with van der Waals surface area (Å²) in [6.07, 6.45) is 1.86. The van der Waals surface area contributed by atoms with Crippen molar-refractivity contribution in [3.63, 3.8) is 0 Å². The molecule has 0 amide bonds. The summed E-state index contributed by atoms with van der Waals surface area (Å²) >= 11 is 0. The summed E-state index contributed by atoms with van der Waals surface area (Å²) < 4.78 is 11.6. The first-order valence-electron chi connectivity index (χ1n) is 5.38. The Balaban J connectivity index is 1.90. The number of hydrogen-bond acceptors (Lipinski definition) is 4. The highest BCUT2D eigenvalue weighted by Gasteiger charge is 2.44. The third kappa shape index (κ3) is 1.93. The van der Waals surface area contributed by atoms with Gasteiger partial charge < -0.3 is 19.9 Å². The van der Waals surface area contributed by atoms with Crippen molar-refractivity contribution >= 4 is 0 Å². The fourth-order valence-corrected chi connectivity index (χ4v) is 2.26. The maximum atomic E-state index is 8.81. The molecule has 82 valence electrons. The van der Waals surface area contributed by atoms with Gasteiger partial charge >= 0.3 is 0 Å². The predicted molar refractivity (Wildman–Crippen MR) is 51.9 cm³/mol. The lowest BCUT2D eigenvalue weighted by atomic mass is 9.99. The van der Waals surface area contributed by atoms with E-state index in [4.69, 9.17) is 14.6 Å². The summed E-state index contributed by atoms with van der Waals surface area (Å²) in [5.41, 5.74) is 0. The van der Waals surface area contributed by atoms with Crippen LogP contribution in [0, 0.1) is 5.92 Å². The largest absolute Gasteiger partial charge is 0.396 e. The van der Waals surface area contributed by atoms with Gasteiger partial charge in [-0.25, -0.2) is 0 Å². The minimum absolute atomic E-state index is 0.0746. The summed E-state index contributed by atoms with van der Waals surface area (Å²) in [6.45, 7) is 4.84. The van der Waals surface area contributed by atoms with Crippen molar-refractivity contribution in [3.05, 3.63) is 0 Å². The Morgan fingerprint density at radius 2 is 2.43 bits per heavy atom. The van der Waals surface area contributed by atoms with Crippen LogP contribution in [0.3, 0.4) is 0 Å². The highest BCUT2D eigenvalue weighted by atomic mass is 16.7. The van der Waals surface area contributed by atoms with Crippen molar-refractivity contribution in [2.75, 3.05) is 26.3 Å². The zero-order chi connectivity index (χ0) is 10.0. The lowest BCUT2D eigenvalue weighted by Gasteiger charge is -2.29. The van der Waals surface area contributed by atoms with Gasteiger partial charge in [-0.15, -0.1) is 0 Å². The van der Waals surface area contributed by atoms with Crippen LogP contribution in [0.5, 0.6) is 0 Å². The van der Waals surface area contributed by atoms with E-state index >= 15 is 0 Å². The second kappa shape index (κ2) is 4.14. The fourth-order valence-electron chi connectivity index (χ4n) is 2.26. The maximum Gasteiger partial charge on any atom is 0.170 e. The lowest BCUT2D eigenvalue weighted by molar-refractivity contribution is -0.187. The first-order chi connectivity index (χ1) is 6.74. The van der Waals surface area contributed by atoms with Crippen LogP contribution in [0.1, 0.15) is 19.8 Å². The number of ether oxygens (including phenoxy) is 2. The number of aliphatic hydroxyl groups is 1. The van der Waals surface area contributed by atoms with Gasteiger partial charge in [0.15, 0.2) is 5.79 Å². The minimum atomic E-state index is -0.427. The van der Waals surface area contributed by atoms with E-state index in [0.29, 0.717) is 18.9 Å². The molecule has 3 atom stereocenters. The average molecular weight is 201 g/mol. The molecule has 2 fully saturated rings. The fraction of sp³-hybridized carbons (Fsp3) is 1.00. The molecule has 0 aromatic rings. The summed E-state index contributed by atoms with van der Waals surface area (Å²) in [5.74, 6) is 0.0229. The van der Waals surface area contributed by atoms with Crippen molar-refractivity contribution in [2.24, 2.45) is 5.92 Å². The standard InChI is InChI=1S/C10H19NO3/c1-10(8-2-4-11-6-8)13-7-9(14-10)3-5-12/h8-9,11-12H,2-7H2,1H3. The Morgan fingerprint density at radius 3 is 3.07 bits per heavy atom. The normalized spacial score (nSPS) is 43.3. The molecule has 0 aromatic carbocycles. The van der Waals surface area contributed by atoms with E-state index in [2.05, 4.69) is 5.32 Å². The van der Waals surface area contributed by atoms with Gasteiger partial charge in [0.2, 0.25) is 0 Å². The number of rotatable bonds is 3. The van der Waals surface area contributed by atoms with Crippen molar-refractivity contribution in [2.45, 2.75) is 31.7 Å². The molecule has 2 rings (SSSR count). The van der Waals surface area contributed by atoms with Crippen LogP contribution < -0.4 is 5.32 Å². The van der Waals surface area contributed by atoms with Crippen molar-refractivity contribution in [1.82, 2.24) is 5.32 Å². The second-order valence-corrected chi connectivity index (χ2v) is 4.27. The van der Waals surface area contributed by atoms with E-state index in [1.165, 1.54) is 0 Å². The average Bonchev–Trinajstić information content (AvgIpc) is 2.75. The molecule has 4 heteroatoms. The summed E-state index contributed by atoms with van der Waals surface area (Å²) in [4.78, 5) is 0. The Kier molecular flexibility index (Phi) is 3.07. The van der Waals surface area contributed by atoms with E-state index in [0.717, 1.165) is 19.5 Å². The molecule has 0 aromatic heterocycles. The number of hydrogen-bond donors (Lipinski definition) is 2. The topological polar surface area (TPSA) is 50.7 Å². The maximum absolute atomic E-state index is 8.81. The molecular weight excluding hydrogens is 182 g/mol. The van der Waals surface area contributed by atoms with Crippen LogP contribution >= 0.6 is 0 Å². The minimum Gasteiger partial charge on any atom is -0.396 e. The monoisotopic (exact) mass is 201 g/mol. The first-order valence-corrected chi connectivity index (χ1v) is 5.38. The van der Waals surface area contributed by atoms with E-state index < -0.39 is 5.79 Å². The summed E-state index contributed by atoms with van der Waals surface area (Å²) in [7, 11) is 0. The number of aliphatic hydroxyl groups excluding tert-OH is 1. The Labute approximate surface area is 84.6 Å². The molecule has 14 heavy (non-hydrogen) atoms. The van der Waals surface area contributed by atoms with Gasteiger partial charge in [0.05, 0.1) is 12.7 Å². The molecule has 2 saturated heterocycles. The molecule has 0 bridgehead atoms. The Hall–Kier alpha value is -0.160. The predicted octanol–water partition coefficient (Wildman–Crippen LogP) is 0.110. The quantitative estimate of drug-likeness (QED) is 0.680. The molecule has 0 aliphatic carbocycles. The third-order valence-corrected chi connectivity index (χ3v) is 3.21. The molecular formula is C10H19NO3. The van der Waals surface area contributed by atoms with Crippen molar-refractivity contribution < 1.29 is 14.6 Å². The van der Waals surface area contributed by atoms with Crippen molar-refractivity contribution in [3.8, 4) is 0 Å². The van der Waals surface area contributed by atoms with Gasteiger partial charge in [0, 0.05) is 19.1 Å². The molecule has 4 nitrogen and oxygen atoms in total. The molecule has 2 aliphatic heterocycles. The van der Waals surface area contributed by atoms with E-state index in [9.17, 15) is 0 Å². The van der Waals surface area contributed by atoms with Crippen LogP contribution in [0.4, 0.5) is 0 Å². The van der Waals surface area contributed by atoms with Crippen molar-refractivity contribution in [1.29, 1.82) is 0 Å². The molecule has 0 radical (unpaired) electrons. The second-order valence-electron chi connectivity index (χ2n) is 4.27. The smallest absolute Gasteiger partial charge is 0.170 e. The van der Waals surface area contributed by atoms with Gasteiger partial charge in [-0.05, 0) is 26.3 Å². The molecule has 2 N–H and O–H groups in total. The molecule has 0 saturated carbocycles. The highest BCUT2D eigenvalue weighted by Crippen LogP contribution is 2.34. The van der Waals surface area contributed by atoms with E-state index in [1.54, 1.807) is 0 Å². The Bertz CT molecular complexity index is 194. The summed E-state index contributed by atoms with van der Waals surface area (Å²) in [6, 6.07) is 0. The zero-order valence-electron chi connectivity index (χ0n) is 8.66. The highest BCUT2D eigenvalue weighted by molar-refractivity contribution is 4.87. The van der Waals surface area contributed by atoms with Crippen LogP contribution in [-0.4, -0.2) is 43.3 Å². The number of nitrogens with one attached hydrogen (secondary N) is 1. The molecule has 2 heterocycles. The lowest BCUT2D eigenvalue weighted by Crippen LogP contribution is -2.37. The van der Waals surface area contributed by atoms with Crippen LogP contribution in [0.2, 0.25) is 0 Å². The van der Waals surface area contributed by atoms with Crippen LogP contribution in [-0.2, 0) is 9.47 Å². The first kappa shape index (κ1) is 10.4. The zero-order valence-corrected chi connectivity index (χ0v) is 8.66. The molecule has 2 aliphatic rings. The van der Waals surface area contributed by atoms with E-state index in [1.807, 2.05) is 6.92 Å².